The minimum absolute atomic E-state index is 0. The lowest BCUT2D eigenvalue weighted by molar-refractivity contribution is -0.00000282. The van der Waals surface area contributed by atoms with Crippen LogP contribution in [0.1, 0.15) is 0 Å². The molecule has 0 heterocycles. The summed E-state index contributed by atoms with van der Waals surface area (Å²) in [5.74, 6) is 0. The molecule has 0 aliphatic rings. The van der Waals surface area contributed by atoms with E-state index >= 15 is 0 Å². The van der Waals surface area contributed by atoms with E-state index < -0.39 is 0 Å². The first-order chi connectivity index (χ1) is 5.54. The van der Waals surface area contributed by atoms with Crippen molar-refractivity contribution >= 4 is 11.4 Å². The largest absolute Gasteiger partial charge is 1.00 e. The average molecular weight is 292 g/mol. The molecule has 1 aromatic carbocycles. The predicted octanol–water partition coefficient (Wildman–Crippen LogP) is -0.715. The van der Waals surface area contributed by atoms with Crippen LogP contribution < -0.4 is 28.5 Å². The lowest BCUT2D eigenvalue weighted by Crippen LogP contribution is -3.00. The second kappa shape index (κ2) is 4.66. The van der Waals surface area contributed by atoms with Gasteiger partial charge >= 0.3 is 0 Å². The van der Waals surface area contributed by atoms with Crippen molar-refractivity contribution in [1.29, 1.82) is 0 Å². The molecule has 0 aliphatic heterocycles. The Bertz CT molecular complexity index is 277. The molecule has 0 bridgehead atoms. The molecule has 0 saturated carbocycles. The molecular weight excluding hydrogens is 279 g/mol. The predicted molar refractivity (Wildman–Crippen MR) is 51.5 cm³/mol. The summed E-state index contributed by atoms with van der Waals surface area (Å²) in [6.45, 7) is 0. The first kappa shape index (κ1) is 12.5. The number of halogens is 1. The molecule has 0 aliphatic carbocycles. The van der Waals surface area contributed by atoms with E-state index in [0.717, 1.165) is 10.2 Å². The van der Waals surface area contributed by atoms with Crippen molar-refractivity contribution < 1.29 is 24.0 Å². The number of hydrogen-bond donors (Lipinski definition) is 0. The fraction of sp³-hybridized carbons (Fsp3) is 0.333. The highest BCUT2D eigenvalue weighted by molar-refractivity contribution is 5.49. The van der Waals surface area contributed by atoms with Gasteiger partial charge in [-0.1, -0.05) is 0 Å². The van der Waals surface area contributed by atoms with Crippen LogP contribution >= 0.6 is 0 Å². The van der Waals surface area contributed by atoms with Gasteiger partial charge in [0.1, 0.15) is 11.4 Å². The standard InChI is InChI=1S/C9H13N2O.HI/c1-11(2,3)9-6-4-8(10-12)5-7-9;/h4-7H,1-3H3;1H/q+1;/p-1. The van der Waals surface area contributed by atoms with Crippen molar-refractivity contribution in [2.45, 2.75) is 0 Å². The third-order valence-corrected chi connectivity index (χ3v) is 1.73. The van der Waals surface area contributed by atoms with Crippen molar-refractivity contribution in [3.8, 4) is 0 Å². The molecule has 0 radical (unpaired) electrons. The maximum absolute atomic E-state index is 10.1. The zero-order valence-corrected chi connectivity index (χ0v) is 10.1. The van der Waals surface area contributed by atoms with E-state index in [9.17, 15) is 4.91 Å². The van der Waals surface area contributed by atoms with Crippen LogP contribution in [-0.2, 0) is 0 Å². The van der Waals surface area contributed by atoms with Crippen molar-refractivity contribution in [1.82, 2.24) is 4.48 Å². The summed E-state index contributed by atoms with van der Waals surface area (Å²) in [4.78, 5) is 10.1. The summed E-state index contributed by atoms with van der Waals surface area (Å²) in [6.07, 6.45) is 0. The van der Waals surface area contributed by atoms with Gasteiger partial charge in [-0.05, 0) is 17.3 Å². The van der Waals surface area contributed by atoms with Crippen LogP contribution in [0.2, 0.25) is 0 Å². The second-order valence-corrected chi connectivity index (χ2v) is 3.62. The third-order valence-electron chi connectivity index (χ3n) is 1.73. The minimum Gasteiger partial charge on any atom is -1.00 e. The van der Waals surface area contributed by atoms with Gasteiger partial charge in [-0.15, -0.1) is 4.91 Å². The van der Waals surface area contributed by atoms with E-state index in [4.69, 9.17) is 0 Å². The highest BCUT2D eigenvalue weighted by Crippen LogP contribution is 2.20. The summed E-state index contributed by atoms with van der Waals surface area (Å²) in [6, 6.07) is 7.28. The molecule has 3 nitrogen and oxygen atoms in total. The van der Waals surface area contributed by atoms with Crippen molar-refractivity contribution in [3.05, 3.63) is 29.2 Å². The highest BCUT2D eigenvalue weighted by atomic mass is 127. The lowest BCUT2D eigenvalue weighted by atomic mass is 10.2. The van der Waals surface area contributed by atoms with Gasteiger partial charge in [0.15, 0.2) is 0 Å². The lowest BCUT2D eigenvalue weighted by Gasteiger charge is -2.22. The summed E-state index contributed by atoms with van der Waals surface area (Å²) in [5.41, 5.74) is 1.63. The Morgan fingerprint density at radius 1 is 1.08 bits per heavy atom. The molecule has 0 unspecified atom stereocenters. The third kappa shape index (κ3) is 3.40. The fourth-order valence-corrected chi connectivity index (χ4v) is 0.961. The molecule has 72 valence electrons. The molecule has 0 saturated heterocycles. The van der Waals surface area contributed by atoms with Gasteiger partial charge in [0.25, 0.3) is 0 Å². The number of hydrogen-bond acceptors (Lipinski definition) is 2. The maximum atomic E-state index is 10.1. The van der Waals surface area contributed by atoms with Gasteiger partial charge in [0.05, 0.1) is 21.1 Å². The van der Waals surface area contributed by atoms with Crippen molar-refractivity contribution in [3.63, 3.8) is 0 Å². The molecule has 0 aromatic heterocycles. The Morgan fingerprint density at radius 3 is 1.85 bits per heavy atom. The Labute approximate surface area is 95.3 Å². The zero-order valence-electron chi connectivity index (χ0n) is 7.99. The Kier molecular flexibility index (Phi) is 4.49. The molecule has 1 aromatic rings. The first-order valence-electron chi connectivity index (χ1n) is 3.79. The van der Waals surface area contributed by atoms with Crippen LogP contribution in [0.4, 0.5) is 11.4 Å². The number of nitrogens with zero attached hydrogens (tertiary/aromatic N) is 2. The van der Waals surface area contributed by atoms with Gasteiger partial charge in [0, 0.05) is 12.1 Å². The van der Waals surface area contributed by atoms with E-state index in [1.807, 2.05) is 12.1 Å². The Balaban J connectivity index is 0.00000144. The highest BCUT2D eigenvalue weighted by Gasteiger charge is 2.10. The molecule has 1 rings (SSSR count). The maximum Gasteiger partial charge on any atom is 0.132 e. The van der Waals surface area contributed by atoms with Gasteiger partial charge in [0.2, 0.25) is 0 Å². The topological polar surface area (TPSA) is 29.4 Å². The second-order valence-electron chi connectivity index (χ2n) is 3.62. The molecule has 4 heteroatoms. The normalized spacial score (nSPS) is 10.4. The summed E-state index contributed by atoms with van der Waals surface area (Å²) in [7, 11) is 6.22. The van der Waals surface area contributed by atoms with Crippen LogP contribution in [-0.4, -0.2) is 21.1 Å². The van der Waals surface area contributed by atoms with Gasteiger partial charge < -0.3 is 24.0 Å². The minimum atomic E-state index is 0. The summed E-state index contributed by atoms with van der Waals surface area (Å²) < 4.78 is 0.749. The zero-order chi connectivity index (χ0) is 9.19. The van der Waals surface area contributed by atoms with Crippen LogP contribution in [0, 0.1) is 4.91 Å². The van der Waals surface area contributed by atoms with Crippen LogP contribution in [0.3, 0.4) is 0 Å². The van der Waals surface area contributed by atoms with Crippen LogP contribution in [0.5, 0.6) is 0 Å². The Morgan fingerprint density at radius 2 is 1.54 bits per heavy atom. The monoisotopic (exact) mass is 292 g/mol. The van der Waals surface area contributed by atoms with E-state index in [-0.39, 0.29) is 24.0 Å². The number of quaternary nitrogens is 1. The van der Waals surface area contributed by atoms with Gasteiger partial charge in [-0.25, -0.2) is 0 Å². The quantitative estimate of drug-likeness (QED) is 0.402. The number of benzene rings is 1. The molecule has 13 heavy (non-hydrogen) atoms. The van der Waals surface area contributed by atoms with Crippen LogP contribution in [0.25, 0.3) is 0 Å². The molecule has 0 fully saturated rings. The van der Waals surface area contributed by atoms with E-state index in [2.05, 4.69) is 26.3 Å². The van der Waals surface area contributed by atoms with Crippen molar-refractivity contribution in [2.24, 2.45) is 5.18 Å². The van der Waals surface area contributed by atoms with Crippen molar-refractivity contribution in [2.75, 3.05) is 21.1 Å². The van der Waals surface area contributed by atoms with Gasteiger partial charge in [-0.3, -0.25) is 4.48 Å². The molecule has 0 atom stereocenters. The SMILES string of the molecule is C[N+](C)(C)c1ccc(N=O)cc1.[I-]. The van der Waals surface area contributed by atoms with E-state index in [0.29, 0.717) is 5.69 Å². The smallest absolute Gasteiger partial charge is 0.132 e. The molecular formula is C9H13IN2O. The summed E-state index contributed by atoms with van der Waals surface area (Å²) >= 11 is 0. The van der Waals surface area contributed by atoms with Crippen LogP contribution in [0.15, 0.2) is 29.4 Å². The number of nitroso groups, excluding NO2 is 1. The Hall–Kier alpha value is -0.490. The van der Waals surface area contributed by atoms with E-state index in [1.165, 1.54) is 0 Å². The molecule has 0 spiro atoms. The average Bonchev–Trinajstić information content (AvgIpc) is 2.03. The fourth-order valence-electron chi connectivity index (χ4n) is 0.961. The molecule has 0 N–H and O–H groups in total. The first-order valence-corrected chi connectivity index (χ1v) is 3.79. The molecule has 0 amide bonds. The van der Waals surface area contributed by atoms with Gasteiger partial charge in [-0.2, -0.15) is 0 Å². The summed E-state index contributed by atoms with van der Waals surface area (Å²) in [5, 5.41) is 2.84. The number of rotatable bonds is 2. The van der Waals surface area contributed by atoms with E-state index in [1.54, 1.807) is 12.1 Å².